The molecule has 1 aliphatic rings. The van der Waals surface area contributed by atoms with Crippen LogP contribution < -0.4 is 5.73 Å². The predicted octanol–water partition coefficient (Wildman–Crippen LogP) is 2.56. The van der Waals surface area contributed by atoms with Gasteiger partial charge < -0.3 is 10.5 Å². The zero-order valence-corrected chi connectivity index (χ0v) is 9.41. The van der Waals surface area contributed by atoms with Crippen molar-refractivity contribution in [2.24, 2.45) is 5.73 Å². The van der Waals surface area contributed by atoms with Gasteiger partial charge in [0.2, 0.25) is 0 Å². The summed E-state index contributed by atoms with van der Waals surface area (Å²) in [5.41, 5.74) is 7.00. The van der Waals surface area contributed by atoms with Crippen LogP contribution in [0.2, 0.25) is 5.02 Å². The third kappa shape index (κ3) is 2.51. The van der Waals surface area contributed by atoms with Crippen molar-refractivity contribution in [2.75, 3.05) is 13.2 Å². The second-order valence-electron chi connectivity index (χ2n) is 3.95. The lowest BCUT2D eigenvalue weighted by molar-refractivity contribution is 0.0905. The Morgan fingerprint density at radius 1 is 1.53 bits per heavy atom. The molecule has 1 fully saturated rings. The Morgan fingerprint density at radius 3 is 3.00 bits per heavy atom. The van der Waals surface area contributed by atoms with Crippen molar-refractivity contribution < 1.29 is 4.74 Å². The second-order valence-corrected chi connectivity index (χ2v) is 4.39. The summed E-state index contributed by atoms with van der Waals surface area (Å²) in [7, 11) is 0. The number of benzene rings is 1. The van der Waals surface area contributed by atoms with Crippen LogP contribution in [0.25, 0.3) is 0 Å². The highest BCUT2D eigenvalue weighted by atomic mass is 35.5. The van der Waals surface area contributed by atoms with E-state index in [1.54, 1.807) is 0 Å². The molecule has 3 heteroatoms. The molecule has 1 heterocycles. The van der Waals surface area contributed by atoms with E-state index < -0.39 is 0 Å². The highest BCUT2D eigenvalue weighted by Gasteiger charge is 2.26. The van der Waals surface area contributed by atoms with Crippen molar-refractivity contribution in [3.8, 4) is 0 Å². The molecule has 2 atom stereocenters. The van der Waals surface area contributed by atoms with Crippen LogP contribution in [0.5, 0.6) is 0 Å². The molecule has 0 bridgehead atoms. The lowest BCUT2D eigenvalue weighted by Gasteiger charge is -2.21. The Hall–Kier alpha value is -0.570. The molecule has 15 heavy (non-hydrogen) atoms. The van der Waals surface area contributed by atoms with Crippen LogP contribution in [0.15, 0.2) is 24.3 Å². The van der Waals surface area contributed by atoms with Crippen LogP contribution >= 0.6 is 11.6 Å². The molecule has 0 spiro atoms. The minimum absolute atomic E-state index is 0.272. The van der Waals surface area contributed by atoms with E-state index in [1.807, 2.05) is 18.2 Å². The minimum Gasteiger partial charge on any atom is -0.378 e. The summed E-state index contributed by atoms with van der Waals surface area (Å²) in [6.07, 6.45) is 2.52. The summed E-state index contributed by atoms with van der Waals surface area (Å²) < 4.78 is 5.68. The molecule has 2 unspecified atom stereocenters. The van der Waals surface area contributed by atoms with Crippen LogP contribution in [0, 0.1) is 0 Å². The van der Waals surface area contributed by atoms with Crippen molar-refractivity contribution in [1.29, 1.82) is 0 Å². The Bertz CT molecular complexity index is 323. The molecule has 2 N–H and O–H groups in total. The molecule has 0 amide bonds. The number of halogens is 1. The maximum absolute atomic E-state index is 5.97. The molecule has 0 aliphatic carbocycles. The summed E-state index contributed by atoms with van der Waals surface area (Å²) in [6.45, 7) is 1.48. The van der Waals surface area contributed by atoms with Crippen LogP contribution in [0.3, 0.4) is 0 Å². The van der Waals surface area contributed by atoms with E-state index in [4.69, 9.17) is 22.1 Å². The highest BCUT2D eigenvalue weighted by Crippen LogP contribution is 2.29. The third-order valence-corrected chi connectivity index (χ3v) is 3.18. The first-order valence-corrected chi connectivity index (χ1v) is 5.76. The van der Waals surface area contributed by atoms with E-state index in [0.29, 0.717) is 6.54 Å². The van der Waals surface area contributed by atoms with Crippen molar-refractivity contribution in [2.45, 2.75) is 24.9 Å². The topological polar surface area (TPSA) is 35.2 Å². The first kappa shape index (κ1) is 10.9. The molecular weight excluding hydrogens is 210 g/mol. The first-order valence-electron chi connectivity index (χ1n) is 5.38. The zero-order valence-electron chi connectivity index (χ0n) is 8.66. The maximum atomic E-state index is 5.97. The second kappa shape index (κ2) is 4.97. The van der Waals surface area contributed by atoms with E-state index in [9.17, 15) is 0 Å². The Labute approximate surface area is 95.4 Å². The average molecular weight is 226 g/mol. The van der Waals surface area contributed by atoms with E-state index in [-0.39, 0.29) is 12.0 Å². The normalized spacial score (nSPS) is 22.9. The number of nitrogens with two attached hydrogens (primary N) is 1. The number of rotatable bonds is 3. The van der Waals surface area contributed by atoms with E-state index >= 15 is 0 Å². The smallest absolute Gasteiger partial charge is 0.0656 e. The predicted molar refractivity (Wildman–Crippen MR) is 62.2 cm³/mol. The summed E-state index contributed by atoms with van der Waals surface area (Å²) in [5, 5.41) is 0.768. The van der Waals surface area contributed by atoms with Gasteiger partial charge >= 0.3 is 0 Å². The van der Waals surface area contributed by atoms with Crippen LogP contribution in [0.4, 0.5) is 0 Å². The van der Waals surface area contributed by atoms with Crippen molar-refractivity contribution in [3.63, 3.8) is 0 Å². The fourth-order valence-corrected chi connectivity index (χ4v) is 2.36. The summed E-state index contributed by atoms with van der Waals surface area (Å²) in [5.74, 6) is 0.284. The fraction of sp³-hybridized carbons (Fsp3) is 0.500. The quantitative estimate of drug-likeness (QED) is 0.858. The molecule has 2 nitrogen and oxygen atoms in total. The van der Waals surface area contributed by atoms with Gasteiger partial charge in [0.25, 0.3) is 0 Å². The first-order chi connectivity index (χ1) is 7.31. The van der Waals surface area contributed by atoms with Gasteiger partial charge in [0.15, 0.2) is 0 Å². The lowest BCUT2D eigenvalue weighted by Crippen LogP contribution is -2.25. The molecule has 0 saturated carbocycles. The monoisotopic (exact) mass is 225 g/mol. The molecule has 1 aromatic rings. The number of hydrogen-bond donors (Lipinski definition) is 1. The Balaban J connectivity index is 2.18. The van der Waals surface area contributed by atoms with Gasteiger partial charge in [-0.3, -0.25) is 0 Å². The van der Waals surface area contributed by atoms with Crippen LogP contribution in [-0.4, -0.2) is 19.3 Å². The molecule has 1 aliphatic heterocycles. The molecule has 0 radical (unpaired) electrons. The van der Waals surface area contributed by atoms with Gasteiger partial charge in [-0.05, 0) is 30.5 Å². The van der Waals surface area contributed by atoms with Crippen LogP contribution in [-0.2, 0) is 4.74 Å². The fourth-order valence-electron chi connectivity index (χ4n) is 2.16. The van der Waals surface area contributed by atoms with Crippen molar-refractivity contribution >= 4 is 11.6 Å². The van der Waals surface area contributed by atoms with Crippen LogP contribution in [0.1, 0.15) is 24.3 Å². The number of ether oxygens (including phenoxy) is 1. The summed E-state index contributed by atoms with van der Waals surface area (Å²) in [6, 6.07) is 7.91. The molecule has 1 saturated heterocycles. The number of hydrogen-bond acceptors (Lipinski definition) is 2. The molecule has 2 rings (SSSR count). The van der Waals surface area contributed by atoms with Gasteiger partial charge in [-0.15, -0.1) is 0 Å². The van der Waals surface area contributed by atoms with Gasteiger partial charge in [0.05, 0.1) is 6.10 Å². The Morgan fingerprint density at radius 2 is 2.40 bits per heavy atom. The van der Waals surface area contributed by atoms with Gasteiger partial charge in [0, 0.05) is 24.1 Å². The molecule has 0 aromatic heterocycles. The third-order valence-electron chi connectivity index (χ3n) is 2.94. The SMILES string of the molecule is NCC(c1cccc(Cl)c1)C1CCCO1. The molecule has 82 valence electrons. The van der Waals surface area contributed by atoms with Gasteiger partial charge in [0.1, 0.15) is 0 Å². The van der Waals surface area contributed by atoms with E-state index in [1.165, 1.54) is 5.56 Å². The molecular formula is C12H16ClNO. The molecule has 1 aromatic carbocycles. The van der Waals surface area contributed by atoms with Gasteiger partial charge in [-0.25, -0.2) is 0 Å². The maximum Gasteiger partial charge on any atom is 0.0656 e. The standard InChI is InChI=1S/C12H16ClNO/c13-10-4-1-3-9(7-10)11(8-14)12-5-2-6-15-12/h1,3-4,7,11-12H,2,5-6,8,14H2. The highest BCUT2D eigenvalue weighted by molar-refractivity contribution is 6.30. The van der Waals surface area contributed by atoms with Gasteiger partial charge in [-0.2, -0.15) is 0 Å². The zero-order chi connectivity index (χ0) is 10.7. The van der Waals surface area contributed by atoms with Gasteiger partial charge in [-0.1, -0.05) is 23.7 Å². The summed E-state index contributed by atoms with van der Waals surface area (Å²) in [4.78, 5) is 0. The van der Waals surface area contributed by atoms with Crippen molar-refractivity contribution in [3.05, 3.63) is 34.9 Å². The Kier molecular flexibility index (Phi) is 3.62. The minimum atomic E-state index is 0.272. The summed E-state index contributed by atoms with van der Waals surface area (Å²) >= 11 is 5.97. The lowest BCUT2D eigenvalue weighted by atomic mass is 9.92. The van der Waals surface area contributed by atoms with E-state index in [0.717, 1.165) is 24.5 Å². The van der Waals surface area contributed by atoms with Crippen molar-refractivity contribution in [1.82, 2.24) is 0 Å². The largest absolute Gasteiger partial charge is 0.378 e. The van der Waals surface area contributed by atoms with E-state index in [2.05, 4.69) is 6.07 Å². The average Bonchev–Trinajstić information content (AvgIpc) is 2.72.